The second-order valence-electron chi connectivity index (χ2n) is 11.7. The van der Waals surface area contributed by atoms with Gasteiger partial charge in [0.05, 0.1) is 12.5 Å². The topological polar surface area (TPSA) is 19.7 Å². The van der Waals surface area contributed by atoms with Crippen LogP contribution in [0.25, 0.3) is 0 Å². The number of hydrogen-bond acceptors (Lipinski definition) is 0. The highest BCUT2D eigenvalue weighted by atomic mass is 15.1. The number of aromatic nitrogens is 2. The Morgan fingerprint density at radius 3 is 1.87 bits per heavy atom. The Morgan fingerprint density at radius 1 is 0.684 bits per heavy atom. The molecular formula is C36H55N2+. The van der Waals surface area contributed by atoms with Gasteiger partial charge in [-0.1, -0.05) is 152 Å². The van der Waals surface area contributed by atoms with E-state index in [4.69, 9.17) is 0 Å². The second-order valence-corrected chi connectivity index (χ2v) is 11.7. The second kappa shape index (κ2) is 17.3. The zero-order valence-electron chi connectivity index (χ0n) is 24.8. The predicted molar refractivity (Wildman–Crippen MR) is 164 cm³/mol. The molecule has 2 heteroatoms. The van der Waals surface area contributed by atoms with Gasteiger partial charge in [-0.2, -0.15) is 0 Å². The first-order valence-electron chi connectivity index (χ1n) is 15.8. The van der Waals surface area contributed by atoms with Gasteiger partial charge in [0.2, 0.25) is 0 Å². The maximum atomic E-state index is 3.74. The molecule has 2 nitrogen and oxygen atoms in total. The summed E-state index contributed by atoms with van der Waals surface area (Å²) < 4.78 is 2.53. The summed E-state index contributed by atoms with van der Waals surface area (Å²) >= 11 is 0. The van der Waals surface area contributed by atoms with Crippen LogP contribution in [0, 0.1) is 0 Å². The SMILES string of the molecule is CCCCCCCCCCCCC(c1[nH]cc[n+]1CCCCC)C(C)(Cc1ccccc1)c1ccccc1. The molecule has 1 N–H and O–H groups in total. The summed E-state index contributed by atoms with van der Waals surface area (Å²) in [6, 6.07) is 22.5. The fraction of sp³-hybridized carbons (Fsp3) is 0.583. The van der Waals surface area contributed by atoms with Crippen LogP contribution >= 0.6 is 0 Å². The molecule has 2 aromatic carbocycles. The summed E-state index contributed by atoms with van der Waals surface area (Å²) in [5.74, 6) is 1.86. The first kappa shape index (κ1) is 30.2. The number of H-pyrrole nitrogens is 1. The largest absolute Gasteiger partial charge is 0.258 e. The van der Waals surface area contributed by atoms with Gasteiger partial charge in [0.15, 0.2) is 0 Å². The monoisotopic (exact) mass is 515 g/mol. The van der Waals surface area contributed by atoms with Crippen LogP contribution < -0.4 is 4.57 Å². The molecule has 3 aromatic rings. The number of aromatic amines is 1. The summed E-state index contributed by atoms with van der Waals surface area (Å²) in [7, 11) is 0. The van der Waals surface area contributed by atoms with Crippen molar-refractivity contribution in [3.63, 3.8) is 0 Å². The van der Waals surface area contributed by atoms with Gasteiger partial charge in [0, 0.05) is 5.41 Å². The van der Waals surface area contributed by atoms with Gasteiger partial charge in [0.1, 0.15) is 12.4 Å². The van der Waals surface area contributed by atoms with E-state index in [0.29, 0.717) is 5.92 Å². The number of unbranched alkanes of at least 4 members (excludes halogenated alkanes) is 11. The molecule has 0 aliphatic rings. The van der Waals surface area contributed by atoms with Crippen LogP contribution in [0.3, 0.4) is 0 Å². The quantitative estimate of drug-likeness (QED) is 0.114. The molecule has 0 saturated heterocycles. The summed E-state index contributed by atoms with van der Waals surface area (Å²) in [4.78, 5) is 3.74. The van der Waals surface area contributed by atoms with Crippen LogP contribution in [0.4, 0.5) is 0 Å². The summed E-state index contributed by atoms with van der Waals surface area (Å²) in [6.45, 7) is 8.23. The molecule has 0 aliphatic carbocycles. The van der Waals surface area contributed by atoms with Crippen LogP contribution in [0.1, 0.15) is 134 Å². The summed E-state index contributed by atoms with van der Waals surface area (Å²) in [6.07, 6.45) is 24.4. The zero-order valence-corrected chi connectivity index (χ0v) is 24.8. The van der Waals surface area contributed by atoms with Crippen LogP contribution in [0.15, 0.2) is 73.1 Å². The Bertz CT molecular complexity index is 977. The molecule has 0 spiro atoms. The molecule has 0 saturated carbocycles. The lowest BCUT2D eigenvalue weighted by atomic mass is 9.66. The molecule has 0 amide bonds. The summed E-state index contributed by atoms with van der Waals surface area (Å²) in [5.41, 5.74) is 2.89. The Kier molecular flexibility index (Phi) is 13.7. The van der Waals surface area contributed by atoms with E-state index in [-0.39, 0.29) is 5.41 Å². The van der Waals surface area contributed by atoms with Crippen molar-refractivity contribution in [1.82, 2.24) is 4.98 Å². The van der Waals surface area contributed by atoms with Crippen LogP contribution in [0.2, 0.25) is 0 Å². The van der Waals surface area contributed by atoms with Crippen molar-refractivity contribution < 1.29 is 4.57 Å². The van der Waals surface area contributed by atoms with E-state index in [1.165, 1.54) is 107 Å². The first-order valence-corrected chi connectivity index (χ1v) is 15.8. The smallest absolute Gasteiger partial charge is 0.247 e. The number of rotatable bonds is 20. The molecule has 2 unspecified atom stereocenters. The van der Waals surface area contributed by atoms with E-state index in [0.717, 1.165) is 13.0 Å². The lowest BCUT2D eigenvalue weighted by Crippen LogP contribution is -2.43. The maximum Gasteiger partial charge on any atom is 0.258 e. The van der Waals surface area contributed by atoms with Crippen molar-refractivity contribution in [1.29, 1.82) is 0 Å². The molecule has 1 heterocycles. The number of benzene rings is 2. The minimum atomic E-state index is 0.0131. The molecule has 0 bridgehead atoms. The van der Waals surface area contributed by atoms with Gasteiger partial charge in [-0.15, -0.1) is 0 Å². The fourth-order valence-electron chi connectivity index (χ4n) is 6.26. The third kappa shape index (κ3) is 9.44. The van der Waals surface area contributed by atoms with Crippen molar-refractivity contribution in [3.05, 3.63) is 90.0 Å². The zero-order chi connectivity index (χ0) is 26.9. The van der Waals surface area contributed by atoms with E-state index in [9.17, 15) is 0 Å². The van der Waals surface area contributed by atoms with Crippen molar-refractivity contribution in [2.75, 3.05) is 0 Å². The highest BCUT2D eigenvalue weighted by Crippen LogP contribution is 2.43. The minimum Gasteiger partial charge on any atom is -0.247 e. The molecule has 0 aliphatic heterocycles. The highest BCUT2D eigenvalue weighted by Gasteiger charge is 2.41. The average Bonchev–Trinajstić information content (AvgIpc) is 3.41. The average molecular weight is 516 g/mol. The summed E-state index contributed by atoms with van der Waals surface area (Å²) in [5, 5.41) is 0. The van der Waals surface area contributed by atoms with E-state index in [1.807, 2.05) is 0 Å². The lowest BCUT2D eigenvalue weighted by Gasteiger charge is -2.37. The lowest BCUT2D eigenvalue weighted by molar-refractivity contribution is -0.705. The first-order chi connectivity index (χ1) is 18.7. The number of aryl methyl sites for hydroxylation is 1. The van der Waals surface area contributed by atoms with E-state index >= 15 is 0 Å². The molecule has 208 valence electrons. The third-order valence-electron chi connectivity index (χ3n) is 8.59. The maximum absolute atomic E-state index is 3.74. The van der Waals surface area contributed by atoms with Gasteiger partial charge < -0.3 is 0 Å². The Hall–Kier alpha value is -2.35. The van der Waals surface area contributed by atoms with Gasteiger partial charge in [-0.3, -0.25) is 0 Å². The van der Waals surface area contributed by atoms with E-state index in [2.05, 4.69) is 103 Å². The molecule has 0 fully saturated rings. The van der Waals surface area contributed by atoms with Crippen molar-refractivity contribution in [2.45, 2.75) is 135 Å². The van der Waals surface area contributed by atoms with E-state index < -0.39 is 0 Å². The normalized spacial score (nSPS) is 13.9. The van der Waals surface area contributed by atoms with Crippen molar-refractivity contribution >= 4 is 0 Å². The Balaban J connectivity index is 1.77. The molecule has 1 aromatic heterocycles. The van der Waals surface area contributed by atoms with Crippen LogP contribution in [0.5, 0.6) is 0 Å². The number of imidazole rings is 1. The molecule has 38 heavy (non-hydrogen) atoms. The van der Waals surface area contributed by atoms with Gasteiger partial charge in [-0.25, -0.2) is 9.55 Å². The molecule has 3 rings (SSSR count). The molecule has 0 radical (unpaired) electrons. The standard InChI is InChI=1S/C36H54N2/c1-4-6-8-9-10-11-12-13-14-21-27-34(35-37-28-30-38(35)29-22-7-5-2)36(3,33-25-19-16-20-26-33)31-32-23-17-15-18-24-32/h15-20,23-26,28,30,34H,4-14,21-22,27,29,31H2,1-3H3/p+1. The van der Waals surface area contributed by atoms with E-state index in [1.54, 1.807) is 0 Å². The van der Waals surface area contributed by atoms with Crippen LogP contribution in [-0.2, 0) is 18.4 Å². The van der Waals surface area contributed by atoms with Gasteiger partial charge >= 0.3 is 0 Å². The predicted octanol–water partition coefficient (Wildman–Crippen LogP) is 10.1. The number of hydrogen-bond donors (Lipinski definition) is 1. The third-order valence-corrected chi connectivity index (χ3v) is 8.59. The minimum absolute atomic E-state index is 0.0131. The highest BCUT2D eigenvalue weighted by molar-refractivity contribution is 5.32. The number of nitrogens with one attached hydrogen (secondary N) is 1. The van der Waals surface area contributed by atoms with Gasteiger partial charge in [-0.05, 0) is 36.8 Å². The fourth-order valence-corrected chi connectivity index (χ4v) is 6.26. The number of nitrogens with zero attached hydrogens (tertiary/aromatic N) is 1. The van der Waals surface area contributed by atoms with Crippen LogP contribution in [-0.4, -0.2) is 4.98 Å². The molecular weight excluding hydrogens is 460 g/mol. The molecule has 2 atom stereocenters. The Morgan fingerprint density at radius 2 is 1.24 bits per heavy atom. The van der Waals surface area contributed by atoms with Gasteiger partial charge in [0.25, 0.3) is 5.82 Å². The van der Waals surface area contributed by atoms with Crippen molar-refractivity contribution in [3.8, 4) is 0 Å². The van der Waals surface area contributed by atoms with Crippen molar-refractivity contribution in [2.24, 2.45) is 0 Å². The Labute approximate surface area is 234 Å².